The molecule has 26 heavy (non-hydrogen) atoms. The van der Waals surface area contributed by atoms with Crippen LogP contribution in [0.3, 0.4) is 0 Å². The van der Waals surface area contributed by atoms with Crippen LogP contribution in [0.25, 0.3) is 0 Å². The van der Waals surface area contributed by atoms with E-state index in [9.17, 15) is 4.79 Å². The standard InChI is InChI=1S/C22H25N3O/c1-4-18-5-9-20(10-6-18)16(2)24-22(26)21-11-7-19(8-12-21)15-25-14-13-23-17(25)3/h5-14,16H,4,15H2,1-3H3,(H,24,26). The summed E-state index contributed by atoms with van der Waals surface area (Å²) in [4.78, 5) is 16.7. The average molecular weight is 347 g/mol. The second kappa shape index (κ2) is 8.00. The van der Waals surface area contributed by atoms with Crippen LogP contribution < -0.4 is 5.32 Å². The van der Waals surface area contributed by atoms with E-state index in [4.69, 9.17) is 0 Å². The molecule has 1 heterocycles. The van der Waals surface area contributed by atoms with E-state index < -0.39 is 0 Å². The molecule has 0 aliphatic rings. The zero-order valence-corrected chi connectivity index (χ0v) is 15.6. The number of imidazole rings is 1. The van der Waals surface area contributed by atoms with Gasteiger partial charge in [0.15, 0.2) is 0 Å². The molecule has 2 aromatic carbocycles. The molecule has 1 atom stereocenters. The van der Waals surface area contributed by atoms with Gasteiger partial charge in [-0.2, -0.15) is 0 Å². The van der Waals surface area contributed by atoms with Crippen LogP contribution in [0.4, 0.5) is 0 Å². The third kappa shape index (κ3) is 4.20. The summed E-state index contributed by atoms with van der Waals surface area (Å²) >= 11 is 0. The van der Waals surface area contributed by atoms with E-state index in [1.165, 1.54) is 5.56 Å². The third-order valence-electron chi connectivity index (χ3n) is 4.73. The summed E-state index contributed by atoms with van der Waals surface area (Å²) in [5.41, 5.74) is 4.23. The van der Waals surface area contributed by atoms with Gasteiger partial charge in [0.05, 0.1) is 6.04 Å². The van der Waals surface area contributed by atoms with Crippen molar-refractivity contribution in [2.24, 2.45) is 0 Å². The second-order valence-corrected chi connectivity index (χ2v) is 6.59. The van der Waals surface area contributed by atoms with Gasteiger partial charge in [0.2, 0.25) is 0 Å². The van der Waals surface area contributed by atoms with Crippen LogP contribution in [-0.4, -0.2) is 15.5 Å². The van der Waals surface area contributed by atoms with Gasteiger partial charge < -0.3 is 9.88 Å². The van der Waals surface area contributed by atoms with Gasteiger partial charge in [0.25, 0.3) is 5.91 Å². The number of carbonyl (C=O) groups is 1. The molecule has 0 saturated heterocycles. The summed E-state index contributed by atoms with van der Waals surface area (Å²) in [6, 6.07) is 16.1. The summed E-state index contributed by atoms with van der Waals surface area (Å²) in [6.07, 6.45) is 4.78. The number of carbonyl (C=O) groups excluding carboxylic acids is 1. The van der Waals surface area contributed by atoms with Gasteiger partial charge in [-0.05, 0) is 49.1 Å². The molecule has 0 aliphatic carbocycles. The maximum Gasteiger partial charge on any atom is 0.251 e. The summed E-state index contributed by atoms with van der Waals surface area (Å²) in [6.45, 7) is 6.89. The van der Waals surface area contributed by atoms with E-state index in [2.05, 4.69) is 46.1 Å². The molecule has 4 nitrogen and oxygen atoms in total. The van der Waals surface area contributed by atoms with Crippen LogP contribution in [0.2, 0.25) is 0 Å². The Hall–Kier alpha value is -2.88. The highest BCUT2D eigenvalue weighted by molar-refractivity contribution is 5.94. The molecule has 4 heteroatoms. The maximum atomic E-state index is 12.5. The zero-order valence-electron chi connectivity index (χ0n) is 15.6. The van der Waals surface area contributed by atoms with Gasteiger partial charge in [-0.1, -0.05) is 43.3 Å². The van der Waals surface area contributed by atoms with Crippen LogP contribution in [0.5, 0.6) is 0 Å². The fraction of sp³-hybridized carbons (Fsp3) is 0.273. The van der Waals surface area contributed by atoms with E-state index in [-0.39, 0.29) is 11.9 Å². The first-order chi connectivity index (χ1) is 12.6. The first-order valence-electron chi connectivity index (χ1n) is 9.03. The Balaban J connectivity index is 1.63. The Morgan fingerprint density at radius 3 is 2.31 bits per heavy atom. The molecule has 1 amide bonds. The number of rotatable bonds is 6. The fourth-order valence-corrected chi connectivity index (χ4v) is 2.93. The van der Waals surface area contributed by atoms with Crippen LogP contribution in [0, 0.1) is 6.92 Å². The van der Waals surface area contributed by atoms with Crippen molar-refractivity contribution in [3.8, 4) is 0 Å². The number of amides is 1. The molecule has 1 aromatic heterocycles. The lowest BCUT2D eigenvalue weighted by Gasteiger charge is -2.15. The van der Waals surface area contributed by atoms with Crippen LogP contribution >= 0.6 is 0 Å². The molecule has 0 radical (unpaired) electrons. The Bertz CT molecular complexity index is 863. The van der Waals surface area contributed by atoms with Crippen molar-refractivity contribution < 1.29 is 4.79 Å². The molecule has 1 unspecified atom stereocenters. The van der Waals surface area contributed by atoms with Gasteiger partial charge in [0.1, 0.15) is 5.82 Å². The van der Waals surface area contributed by atoms with Crippen molar-refractivity contribution in [1.29, 1.82) is 0 Å². The third-order valence-corrected chi connectivity index (χ3v) is 4.73. The fourth-order valence-electron chi connectivity index (χ4n) is 2.93. The van der Waals surface area contributed by atoms with Crippen molar-refractivity contribution in [1.82, 2.24) is 14.9 Å². The molecule has 0 spiro atoms. The van der Waals surface area contributed by atoms with E-state index in [0.717, 1.165) is 29.9 Å². The van der Waals surface area contributed by atoms with Crippen molar-refractivity contribution in [3.63, 3.8) is 0 Å². The van der Waals surface area contributed by atoms with Gasteiger partial charge >= 0.3 is 0 Å². The molecule has 0 aliphatic heterocycles. The Labute approximate surface area is 154 Å². The largest absolute Gasteiger partial charge is 0.346 e. The molecule has 3 aromatic rings. The number of aromatic nitrogens is 2. The smallest absolute Gasteiger partial charge is 0.251 e. The highest BCUT2D eigenvalue weighted by atomic mass is 16.1. The van der Waals surface area contributed by atoms with Gasteiger partial charge in [-0.15, -0.1) is 0 Å². The molecule has 1 N–H and O–H groups in total. The minimum Gasteiger partial charge on any atom is -0.346 e. The number of aryl methyl sites for hydroxylation is 2. The molecule has 3 rings (SSSR count). The summed E-state index contributed by atoms with van der Waals surface area (Å²) in [5, 5.41) is 3.07. The monoisotopic (exact) mass is 347 g/mol. The number of hydrogen-bond donors (Lipinski definition) is 1. The summed E-state index contributed by atoms with van der Waals surface area (Å²) < 4.78 is 2.08. The van der Waals surface area contributed by atoms with Gasteiger partial charge in [0, 0.05) is 24.5 Å². The quantitative estimate of drug-likeness (QED) is 0.723. The second-order valence-electron chi connectivity index (χ2n) is 6.59. The molecule has 0 bridgehead atoms. The molecule has 134 valence electrons. The minimum absolute atomic E-state index is 0.0262. The van der Waals surface area contributed by atoms with E-state index in [0.29, 0.717) is 5.56 Å². The van der Waals surface area contributed by atoms with Gasteiger partial charge in [-0.3, -0.25) is 4.79 Å². The topological polar surface area (TPSA) is 46.9 Å². The summed E-state index contributed by atoms with van der Waals surface area (Å²) in [5.74, 6) is 0.928. The first-order valence-corrected chi connectivity index (χ1v) is 9.03. The Morgan fingerprint density at radius 2 is 1.73 bits per heavy atom. The zero-order chi connectivity index (χ0) is 18.5. The number of benzene rings is 2. The van der Waals surface area contributed by atoms with E-state index in [1.807, 2.05) is 44.3 Å². The number of nitrogens with zero attached hydrogens (tertiary/aromatic N) is 2. The highest BCUT2D eigenvalue weighted by Crippen LogP contribution is 2.15. The normalized spacial score (nSPS) is 12.0. The van der Waals surface area contributed by atoms with Crippen molar-refractivity contribution in [2.75, 3.05) is 0 Å². The van der Waals surface area contributed by atoms with Gasteiger partial charge in [-0.25, -0.2) is 4.98 Å². The predicted molar refractivity (Wildman–Crippen MR) is 104 cm³/mol. The van der Waals surface area contributed by atoms with Crippen molar-refractivity contribution in [3.05, 3.63) is 89.0 Å². The van der Waals surface area contributed by atoms with Crippen LogP contribution in [0.15, 0.2) is 60.9 Å². The molecule has 0 saturated carbocycles. The maximum absolute atomic E-state index is 12.5. The minimum atomic E-state index is -0.0533. The van der Waals surface area contributed by atoms with E-state index >= 15 is 0 Å². The molecular formula is C22H25N3O. The lowest BCUT2D eigenvalue weighted by Crippen LogP contribution is -2.26. The number of nitrogens with one attached hydrogen (secondary N) is 1. The lowest BCUT2D eigenvalue weighted by molar-refractivity contribution is 0.0940. The summed E-state index contributed by atoms with van der Waals surface area (Å²) in [7, 11) is 0. The van der Waals surface area contributed by atoms with Crippen molar-refractivity contribution in [2.45, 2.75) is 39.8 Å². The SMILES string of the molecule is CCc1ccc(C(C)NC(=O)c2ccc(Cn3ccnc3C)cc2)cc1. The molecular weight excluding hydrogens is 322 g/mol. The predicted octanol–water partition coefficient (Wildman–Crippen LogP) is 4.29. The average Bonchev–Trinajstić information content (AvgIpc) is 3.07. The highest BCUT2D eigenvalue weighted by Gasteiger charge is 2.11. The first kappa shape index (κ1) is 17.9. The Morgan fingerprint density at radius 1 is 1.08 bits per heavy atom. The van der Waals surface area contributed by atoms with Crippen molar-refractivity contribution >= 4 is 5.91 Å². The molecule has 0 fully saturated rings. The van der Waals surface area contributed by atoms with E-state index in [1.54, 1.807) is 6.20 Å². The number of hydrogen-bond acceptors (Lipinski definition) is 2. The lowest BCUT2D eigenvalue weighted by atomic mass is 10.0. The van der Waals surface area contributed by atoms with Crippen LogP contribution in [0.1, 0.15) is 52.8 Å². The van der Waals surface area contributed by atoms with Crippen LogP contribution in [-0.2, 0) is 13.0 Å². The Kier molecular flexibility index (Phi) is 5.52.